The summed E-state index contributed by atoms with van der Waals surface area (Å²) in [6.45, 7) is 0.458. The zero-order valence-electron chi connectivity index (χ0n) is 12.5. The molecule has 0 unspecified atom stereocenters. The van der Waals surface area contributed by atoms with E-state index in [1.807, 2.05) is 42.5 Å². The summed E-state index contributed by atoms with van der Waals surface area (Å²) < 4.78 is 6.35. The summed E-state index contributed by atoms with van der Waals surface area (Å²) >= 11 is 0. The van der Waals surface area contributed by atoms with Crippen LogP contribution in [0.15, 0.2) is 54.6 Å². The van der Waals surface area contributed by atoms with E-state index in [1.165, 1.54) is 7.11 Å². The number of benzene rings is 2. The molecule has 116 valence electrons. The Balaban J connectivity index is 1.70. The molecule has 0 fully saturated rings. The molecule has 23 heavy (non-hydrogen) atoms. The molecule has 1 heterocycles. The highest BCUT2D eigenvalue weighted by Gasteiger charge is 2.08. The molecular weight excluding hydrogens is 294 g/mol. The summed E-state index contributed by atoms with van der Waals surface area (Å²) in [6.07, 6.45) is 0. The van der Waals surface area contributed by atoms with Gasteiger partial charge < -0.3 is 10.1 Å². The fourth-order valence-electron chi connectivity index (χ4n) is 2.11. The monoisotopic (exact) mass is 309 g/mol. The van der Waals surface area contributed by atoms with Crippen LogP contribution in [0.3, 0.4) is 0 Å². The van der Waals surface area contributed by atoms with Gasteiger partial charge >= 0.3 is 5.97 Å². The second kappa shape index (κ2) is 6.69. The van der Waals surface area contributed by atoms with Crippen molar-refractivity contribution in [1.29, 1.82) is 0 Å². The number of nitrogens with zero attached hydrogens (tertiary/aromatic N) is 4. The molecule has 0 aliphatic heterocycles. The largest absolute Gasteiger partial charge is 0.465 e. The predicted molar refractivity (Wildman–Crippen MR) is 84.3 cm³/mol. The van der Waals surface area contributed by atoms with Crippen molar-refractivity contribution < 1.29 is 9.53 Å². The van der Waals surface area contributed by atoms with E-state index in [-0.39, 0.29) is 5.97 Å². The van der Waals surface area contributed by atoms with Gasteiger partial charge in [-0.1, -0.05) is 18.2 Å². The van der Waals surface area contributed by atoms with Gasteiger partial charge in [0.2, 0.25) is 0 Å². The van der Waals surface area contributed by atoms with Crippen LogP contribution in [0, 0.1) is 0 Å². The third-order valence-corrected chi connectivity index (χ3v) is 3.29. The highest BCUT2D eigenvalue weighted by molar-refractivity contribution is 5.89. The van der Waals surface area contributed by atoms with Crippen LogP contribution in [0.5, 0.6) is 0 Å². The summed E-state index contributed by atoms with van der Waals surface area (Å²) in [5.74, 6) is 0.331. The molecule has 7 nitrogen and oxygen atoms in total. The fraction of sp³-hybridized carbons (Fsp3) is 0.125. The standard InChI is InChI=1S/C16H15N5O2/c1-23-16(22)12-7-9-13(10-8-12)17-11-15-18-19-20-21(15)14-5-3-2-4-6-14/h2-10,17H,11H2,1H3. The highest BCUT2D eigenvalue weighted by atomic mass is 16.5. The molecular formula is C16H15N5O2. The molecule has 1 aromatic heterocycles. The number of anilines is 1. The first-order valence-corrected chi connectivity index (χ1v) is 7.03. The second-order valence-corrected chi connectivity index (χ2v) is 4.76. The van der Waals surface area contributed by atoms with E-state index in [4.69, 9.17) is 0 Å². The van der Waals surface area contributed by atoms with Crippen LogP contribution in [0.2, 0.25) is 0 Å². The zero-order valence-corrected chi connectivity index (χ0v) is 12.5. The first-order chi connectivity index (χ1) is 11.3. The summed E-state index contributed by atoms with van der Waals surface area (Å²) in [5.41, 5.74) is 2.27. The first-order valence-electron chi connectivity index (χ1n) is 7.03. The van der Waals surface area contributed by atoms with Gasteiger partial charge in [0, 0.05) is 5.69 Å². The molecule has 0 aliphatic rings. The molecule has 0 radical (unpaired) electrons. The average Bonchev–Trinajstić information content (AvgIpc) is 3.09. The van der Waals surface area contributed by atoms with Gasteiger partial charge in [-0.3, -0.25) is 0 Å². The number of ether oxygens (including phenoxy) is 1. The predicted octanol–water partition coefficient (Wildman–Crippen LogP) is 2.06. The van der Waals surface area contributed by atoms with Gasteiger partial charge in [-0.05, 0) is 46.8 Å². The smallest absolute Gasteiger partial charge is 0.337 e. The van der Waals surface area contributed by atoms with Crippen LogP contribution in [0.25, 0.3) is 5.69 Å². The summed E-state index contributed by atoms with van der Waals surface area (Å²) in [7, 11) is 1.36. The number of nitrogens with one attached hydrogen (secondary N) is 1. The maximum Gasteiger partial charge on any atom is 0.337 e. The van der Waals surface area contributed by atoms with Gasteiger partial charge in [0.1, 0.15) is 0 Å². The number of tetrazole rings is 1. The van der Waals surface area contributed by atoms with E-state index in [0.717, 1.165) is 11.4 Å². The Bertz CT molecular complexity index is 784. The number of rotatable bonds is 5. The Morgan fingerprint density at radius 3 is 2.57 bits per heavy atom. The SMILES string of the molecule is COC(=O)c1ccc(NCc2nnnn2-c2ccccc2)cc1. The number of carbonyl (C=O) groups is 1. The number of hydrogen-bond acceptors (Lipinski definition) is 6. The number of esters is 1. The van der Waals surface area contributed by atoms with Crippen molar-refractivity contribution in [3.05, 3.63) is 66.0 Å². The third-order valence-electron chi connectivity index (χ3n) is 3.29. The zero-order chi connectivity index (χ0) is 16.1. The molecule has 0 saturated carbocycles. The molecule has 0 spiro atoms. The van der Waals surface area contributed by atoms with Gasteiger partial charge in [-0.2, -0.15) is 4.68 Å². The lowest BCUT2D eigenvalue weighted by molar-refractivity contribution is 0.0601. The normalized spacial score (nSPS) is 10.3. The fourth-order valence-corrected chi connectivity index (χ4v) is 2.11. The highest BCUT2D eigenvalue weighted by Crippen LogP contribution is 2.12. The summed E-state index contributed by atoms with van der Waals surface area (Å²) in [4.78, 5) is 11.4. The number of carbonyl (C=O) groups excluding carboxylic acids is 1. The second-order valence-electron chi connectivity index (χ2n) is 4.76. The molecule has 0 atom stereocenters. The van der Waals surface area contributed by atoms with Crippen LogP contribution in [0.1, 0.15) is 16.2 Å². The molecule has 0 amide bonds. The Labute approximate surface area is 132 Å². The van der Waals surface area contributed by atoms with Gasteiger partial charge in [0.05, 0.1) is 24.9 Å². The first kappa shape index (κ1) is 14.7. The van der Waals surface area contributed by atoms with Crippen molar-refractivity contribution in [3.63, 3.8) is 0 Å². The topological polar surface area (TPSA) is 81.9 Å². The Hall–Kier alpha value is -3.22. The van der Waals surface area contributed by atoms with Crippen molar-refractivity contribution >= 4 is 11.7 Å². The Kier molecular flexibility index (Phi) is 4.28. The van der Waals surface area contributed by atoms with Crippen LogP contribution in [0.4, 0.5) is 5.69 Å². The average molecular weight is 309 g/mol. The van der Waals surface area contributed by atoms with Crippen LogP contribution >= 0.6 is 0 Å². The molecule has 0 saturated heterocycles. The third kappa shape index (κ3) is 3.34. The Morgan fingerprint density at radius 1 is 1.13 bits per heavy atom. The summed E-state index contributed by atoms with van der Waals surface area (Å²) in [6, 6.07) is 16.7. The van der Waals surface area contributed by atoms with Gasteiger partial charge in [-0.15, -0.1) is 5.10 Å². The van der Waals surface area contributed by atoms with Crippen LogP contribution in [-0.2, 0) is 11.3 Å². The van der Waals surface area contributed by atoms with Gasteiger partial charge in [0.25, 0.3) is 0 Å². The quantitative estimate of drug-likeness (QED) is 0.727. The van der Waals surface area contributed by atoms with Crippen LogP contribution < -0.4 is 5.32 Å². The van der Waals surface area contributed by atoms with E-state index in [9.17, 15) is 4.79 Å². The molecule has 3 aromatic rings. The van der Waals surface area contributed by atoms with Crippen molar-refractivity contribution in [2.75, 3.05) is 12.4 Å². The Morgan fingerprint density at radius 2 is 1.87 bits per heavy atom. The number of hydrogen-bond donors (Lipinski definition) is 1. The molecule has 1 N–H and O–H groups in total. The van der Waals surface area contributed by atoms with Crippen LogP contribution in [-0.4, -0.2) is 33.3 Å². The van der Waals surface area contributed by atoms with Crippen molar-refractivity contribution in [2.45, 2.75) is 6.54 Å². The lowest BCUT2D eigenvalue weighted by Gasteiger charge is -2.07. The van der Waals surface area contributed by atoms with Crippen molar-refractivity contribution in [3.8, 4) is 5.69 Å². The minimum absolute atomic E-state index is 0.357. The lowest BCUT2D eigenvalue weighted by atomic mass is 10.2. The minimum Gasteiger partial charge on any atom is -0.465 e. The molecule has 7 heteroatoms. The van der Waals surface area contributed by atoms with E-state index >= 15 is 0 Å². The number of aromatic nitrogens is 4. The maximum absolute atomic E-state index is 11.4. The van der Waals surface area contributed by atoms with Gasteiger partial charge in [0.15, 0.2) is 5.82 Å². The van der Waals surface area contributed by atoms with E-state index < -0.39 is 0 Å². The maximum atomic E-state index is 11.4. The van der Waals surface area contributed by atoms with E-state index in [0.29, 0.717) is 17.9 Å². The van der Waals surface area contributed by atoms with E-state index in [2.05, 4.69) is 25.6 Å². The van der Waals surface area contributed by atoms with Crippen molar-refractivity contribution in [2.24, 2.45) is 0 Å². The molecule has 0 bridgehead atoms. The minimum atomic E-state index is -0.357. The van der Waals surface area contributed by atoms with Gasteiger partial charge in [-0.25, -0.2) is 4.79 Å². The number of methoxy groups -OCH3 is 1. The molecule has 2 aromatic carbocycles. The lowest BCUT2D eigenvalue weighted by Crippen LogP contribution is -2.09. The molecule has 3 rings (SSSR count). The number of para-hydroxylation sites is 1. The molecule has 0 aliphatic carbocycles. The van der Waals surface area contributed by atoms with E-state index in [1.54, 1.807) is 16.8 Å². The van der Waals surface area contributed by atoms with Crippen molar-refractivity contribution in [1.82, 2.24) is 20.2 Å². The summed E-state index contributed by atoms with van der Waals surface area (Å²) in [5, 5.41) is 15.0.